The number of rotatable bonds is 9. The van der Waals surface area contributed by atoms with Gasteiger partial charge >= 0.3 is 0 Å². The van der Waals surface area contributed by atoms with Crippen LogP contribution in [0.25, 0.3) is 0 Å². The number of nitriles is 2. The van der Waals surface area contributed by atoms with Crippen LogP contribution in [0.1, 0.15) is 65.2 Å². The lowest BCUT2D eigenvalue weighted by Gasteiger charge is -2.29. The summed E-state index contributed by atoms with van der Waals surface area (Å²) in [6, 6.07) is 4.64. The topological polar surface area (TPSA) is 50.8 Å². The number of likely N-dealkylation sites (tertiary alicyclic amines) is 1. The average molecular weight is 364 g/mol. The molecule has 1 aliphatic carbocycles. The summed E-state index contributed by atoms with van der Waals surface area (Å²) in [6.45, 7) is 12.2. The van der Waals surface area contributed by atoms with Crippen LogP contribution in [0.15, 0.2) is 47.1 Å². The summed E-state index contributed by atoms with van der Waals surface area (Å²) in [5.41, 5.74) is 3.74. The summed E-state index contributed by atoms with van der Waals surface area (Å²) >= 11 is 0. The standard InChI is InChI=1S/C24H33N3/c1-20(17-21-9-5-4-6-10-21)23(19-26)22(11-13-25)18-24(2,3)12-16-27-14-7-8-15-27/h5,9-10H,1,4,6-8,11-12,14-18H2,2-3H3/b23-22-. The van der Waals surface area contributed by atoms with Crippen LogP contribution < -0.4 is 0 Å². The van der Waals surface area contributed by atoms with Crippen molar-refractivity contribution in [3.63, 3.8) is 0 Å². The fraction of sp³-hybridized carbons (Fsp3) is 0.583. The molecule has 3 nitrogen and oxygen atoms in total. The van der Waals surface area contributed by atoms with Crippen molar-refractivity contribution in [2.75, 3.05) is 19.6 Å². The molecule has 1 aliphatic heterocycles. The lowest BCUT2D eigenvalue weighted by Crippen LogP contribution is -2.26. The lowest BCUT2D eigenvalue weighted by atomic mass is 9.79. The van der Waals surface area contributed by atoms with Gasteiger partial charge in [-0.15, -0.1) is 0 Å². The monoisotopic (exact) mass is 363 g/mol. The van der Waals surface area contributed by atoms with Gasteiger partial charge in [-0.3, -0.25) is 0 Å². The second-order valence-electron chi connectivity index (χ2n) is 8.60. The lowest BCUT2D eigenvalue weighted by molar-refractivity contribution is 0.246. The molecule has 1 fully saturated rings. The Balaban J connectivity index is 2.09. The fourth-order valence-corrected chi connectivity index (χ4v) is 4.01. The van der Waals surface area contributed by atoms with E-state index in [1.54, 1.807) is 0 Å². The van der Waals surface area contributed by atoms with Gasteiger partial charge in [0.2, 0.25) is 0 Å². The molecule has 3 heteroatoms. The number of hydrogen-bond acceptors (Lipinski definition) is 3. The molecule has 0 aromatic heterocycles. The zero-order chi connectivity index (χ0) is 19.7. The minimum absolute atomic E-state index is 0.0706. The number of nitrogens with zero attached hydrogens (tertiary/aromatic N) is 3. The molecule has 0 amide bonds. The van der Waals surface area contributed by atoms with Crippen molar-refractivity contribution in [1.29, 1.82) is 10.5 Å². The molecule has 0 N–H and O–H groups in total. The number of hydrogen-bond donors (Lipinski definition) is 0. The van der Waals surface area contributed by atoms with E-state index in [-0.39, 0.29) is 5.41 Å². The molecule has 2 rings (SSSR count). The molecule has 0 atom stereocenters. The Bertz CT molecular complexity index is 701. The highest BCUT2D eigenvalue weighted by atomic mass is 15.1. The first kappa shape index (κ1) is 21.2. The van der Waals surface area contributed by atoms with Gasteiger partial charge < -0.3 is 4.90 Å². The van der Waals surface area contributed by atoms with Gasteiger partial charge in [0.1, 0.15) is 0 Å². The van der Waals surface area contributed by atoms with Crippen LogP contribution in [-0.4, -0.2) is 24.5 Å². The highest BCUT2D eigenvalue weighted by Crippen LogP contribution is 2.35. The van der Waals surface area contributed by atoms with Crippen molar-refractivity contribution >= 4 is 0 Å². The summed E-state index contributed by atoms with van der Waals surface area (Å²) in [6.07, 6.45) is 14.2. The van der Waals surface area contributed by atoms with Gasteiger partial charge in [-0.1, -0.05) is 38.7 Å². The third kappa shape index (κ3) is 6.85. The van der Waals surface area contributed by atoms with Crippen molar-refractivity contribution in [3.05, 3.63) is 47.1 Å². The normalized spacial score (nSPS) is 18.4. The van der Waals surface area contributed by atoms with Crippen molar-refractivity contribution in [2.24, 2.45) is 5.41 Å². The van der Waals surface area contributed by atoms with Crippen LogP contribution in [0, 0.1) is 28.1 Å². The molecule has 0 saturated carbocycles. The molecule has 2 aliphatic rings. The first-order valence-electron chi connectivity index (χ1n) is 10.2. The summed E-state index contributed by atoms with van der Waals surface area (Å²) < 4.78 is 0. The second kappa shape index (κ2) is 10.3. The maximum absolute atomic E-state index is 9.80. The molecular formula is C24H33N3. The molecule has 144 valence electrons. The average Bonchev–Trinajstić information content (AvgIpc) is 3.15. The van der Waals surface area contributed by atoms with Crippen LogP contribution in [-0.2, 0) is 0 Å². The minimum Gasteiger partial charge on any atom is -0.303 e. The first-order valence-corrected chi connectivity index (χ1v) is 10.2. The van der Waals surface area contributed by atoms with E-state index in [1.165, 1.54) is 31.5 Å². The molecule has 27 heavy (non-hydrogen) atoms. The smallest absolute Gasteiger partial charge is 0.0994 e. The van der Waals surface area contributed by atoms with Gasteiger partial charge in [0.25, 0.3) is 0 Å². The Labute approximate surface area is 165 Å². The van der Waals surface area contributed by atoms with E-state index < -0.39 is 0 Å². The Morgan fingerprint density at radius 3 is 2.56 bits per heavy atom. The Morgan fingerprint density at radius 2 is 1.96 bits per heavy atom. The van der Waals surface area contributed by atoms with Gasteiger partial charge in [0, 0.05) is 0 Å². The molecule has 1 saturated heterocycles. The van der Waals surface area contributed by atoms with Crippen molar-refractivity contribution in [1.82, 2.24) is 4.90 Å². The third-order valence-electron chi connectivity index (χ3n) is 5.60. The zero-order valence-electron chi connectivity index (χ0n) is 17.1. The summed E-state index contributed by atoms with van der Waals surface area (Å²) in [5, 5.41) is 19.1. The molecule has 0 spiro atoms. The van der Waals surface area contributed by atoms with E-state index >= 15 is 0 Å². The van der Waals surface area contributed by atoms with Crippen molar-refractivity contribution in [2.45, 2.75) is 65.2 Å². The van der Waals surface area contributed by atoms with Crippen LogP contribution in [0.5, 0.6) is 0 Å². The van der Waals surface area contributed by atoms with E-state index in [1.807, 2.05) is 0 Å². The molecular weight excluding hydrogens is 330 g/mol. The summed E-state index contributed by atoms with van der Waals surface area (Å²) in [5.74, 6) is 0. The van der Waals surface area contributed by atoms with Crippen LogP contribution in [0.3, 0.4) is 0 Å². The maximum atomic E-state index is 9.80. The Morgan fingerprint density at radius 1 is 1.22 bits per heavy atom. The van der Waals surface area contributed by atoms with Crippen LogP contribution in [0.4, 0.5) is 0 Å². The van der Waals surface area contributed by atoms with E-state index in [4.69, 9.17) is 0 Å². The third-order valence-corrected chi connectivity index (χ3v) is 5.60. The zero-order valence-corrected chi connectivity index (χ0v) is 17.1. The molecule has 1 heterocycles. The predicted molar refractivity (Wildman–Crippen MR) is 112 cm³/mol. The molecule has 0 aromatic rings. The Kier molecular flexibility index (Phi) is 8.08. The largest absolute Gasteiger partial charge is 0.303 e. The molecule has 0 aromatic carbocycles. The highest BCUT2D eigenvalue weighted by molar-refractivity contribution is 5.48. The predicted octanol–water partition coefficient (Wildman–Crippen LogP) is 5.85. The van der Waals surface area contributed by atoms with Gasteiger partial charge in [-0.2, -0.15) is 10.5 Å². The summed E-state index contributed by atoms with van der Waals surface area (Å²) in [4.78, 5) is 2.53. The number of allylic oxidation sites excluding steroid dienone is 7. The summed E-state index contributed by atoms with van der Waals surface area (Å²) in [7, 11) is 0. The Hall–Kier alpha value is -2.10. The van der Waals surface area contributed by atoms with Crippen molar-refractivity contribution in [3.8, 4) is 12.1 Å². The SMILES string of the molecule is C=C(CC1=CCCC=C1)/C(C#N)=C(/CC#N)CC(C)(C)CCN1CCCC1. The second-order valence-corrected chi connectivity index (χ2v) is 8.60. The van der Waals surface area contributed by atoms with Crippen LogP contribution in [0.2, 0.25) is 0 Å². The fourth-order valence-electron chi connectivity index (χ4n) is 4.01. The molecule has 0 radical (unpaired) electrons. The maximum Gasteiger partial charge on any atom is 0.0994 e. The van der Waals surface area contributed by atoms with Gasteiger partial charge in [-0.05, 0) is 86.7 Å². The quantitative estimate of drug-likeness (QED) is 0.381. The highest BCUT2D eigenvalue weighted by Gasteiger charge is 2.24. The molecule has 0 unspecified atom stereocenters. The first-order chi connectivity index (χ1) is 12.9. The van der Waals surface area contributed by atoms with Gasteiger partial charge in [-0.25, -0.2) is 0 Å². The van der Waals surface area contributed by atoms with Gasteiger partial charge in [0.05, 0.1) is 24.1 Å². The van der Waals surface area contributed by atoms with Crippen LogP contribution >= 0.6 is 0 Å². The van der Waals surface area contributed by atoms with Crippen molar-refractivity contribution < 1.29 is 0 Å². The van der Waals surface area contributed by atoms with Gasteiger partial charge in [0.15, 0.2) is 0 Å². The van der Waals surface area contributed by atoms with E-state index in [2.05, 4.69) is 55.7 Å². The van der Waals surface area contributed by atoms with E-state index in [0.717, 1.165) is 43.4 Å². The van der Waals surface area contributed by atoms with E-state index in [9.17, 15) is 10.5 Å². The van der Waals surface area contributed by atoms with E-state index in [0.29, 0.717) is 18.4 Å². The molecule has 0 bridgehead atoms. The minimum atomic E-state index is 0.0706.